The molecule has 0 heterocycles. The third kappa shape index (κ3) is 6.21. The minimum atomic E-state index is -1.05. The first kappa shape index (κ1) is 16.9. The van der Waals surface area contributed by atoms with Gasteiger partial charge in [0.1, 0.15) is 6.04 Å². The average molecular weight is 291 g/mol. The number of aliphatic carboxylic acids is 1. The van der Waals surface area contributed by atoms with E-state index in [1.54, 1.807) is 24.3 Å². The Morgan fingerprint density at radius 3 is 2.24 bits per heavy atom. The molecule has 1 atom stereocenters. The monoisotopic (exact) mass is 291 g/mol. The van der Waals surface area contributed by atoms with Crippen LogP contribution in [0, 0.1) is 5.92 Å². The fourth-order valence-corrected chi connectivity index (χ4v) is 1.95. The molecule has 0 saturated carbocycles. The van der Waals surface area contributed by atoms with Crippen molar-refractivity contribution in [3.05, 3.63) is 35.9 Å². The molecule has 5 heteroatoms. The summed E-state index contributed by atoms with van der Waals surface area (Å²) >= 11 is 0. The van der Waals surface area contributed by atoms with Crippen LogP contribution in [0.2, 0.25) is 0 Å². The molecule has 0 aromatic heterocycles. The van der Waals surface area contributed by atoms with Gasteiger partial charge in [0, 0.05) is 18.4 Å². The number of carboxylic acid groups (broad SMARTS) is 1. The summed E-state index contributed by atoms with van der Waals surface area (Å²) in [5.74, 6) is -1.42. The van der Waals surface area contributed by atoms with E-state index in [9.17, 15) is 14.4 Å². The standard InChI is InChI=1S/C16H21NO4/c1-11(2)10-13(16(20)21)17-15(19)9-8-14(18)12-6-4-3-5-7-12/h3-7,11,13H,8-10H2,1-2H3,(H,17,19)(H,20,21). The highest BCUT2D eigenvalue weighted by Gasteiger charge is 2.21. The number of benzene rings is 1. The van der Waals surface area contributed by atoms with E-state index in [-0.39, 0.29) is 24.5 Å². The fraction of sp³-hybridized carbons (Fsp3) is 0.438. The number of carboxylic acids is 1. The molecule has 0 aliphatic rings. The van der Waals surface area contributed by atoms with E-state index in [0.29, 0.717) is 12.0 Å². The van der Waals surface area contributed by atoms with Crippen LogP contribution in [0.4, 0.5) is 0 Å². The molecule has 1 aromatic rings. The maximum atomic E-state index is 11.9. The quantitative estimate of drug-likeness (QED) is 0.720. The van der Waals surface area contributed by atoms with E-state index in [1.165, 1.54) is 0 Å². The molecule has 0 radical (unpaired) electrons. The van der Waals surface area contributed by atoms with Crippen LogP contribution in [0.1, 0.15) is 43.5 Å². The number of carbonyl (C=O) groups excluding carboxylic acids is 2. The molecule has 1 rings (SSSR count). The second kappa shape index (κ2) is 8.19. The highest BCUT2D eigenvalue weighted by atomic mass is 16.4. The van der Waals surface area contributed by atoms with Crippen LogP contribution < -0.4 is 5.32 Å². The summed E-state index contributed by atoms with van der Waals surface area (Å²) in [6.45, 7) is 3.78. The Bertz CT molecular complexity index is 496. The smallest absolute Gasteiger partial charge is 0.326 e. The minimum absolute atomic E-state index is 0.00436. The second-order valence-electron chi connectivity index (χ2n) is 5.38. The van der Waals surface area contributed by atoms with Crippen LogP contribution >= 0.6 is 0 Å². The van der Waals surface area contributed by atoms with Crippen LogP contribution in [-0.4, -0.2) is 28.8 Å². The largest absolute Gasteiger partial charge is 0.480 e. The third-order valence-electron chi connectivity index (χ3n) is 3.02. The molecule has 1 amide bonds. The number of hydrogen-bond acceptors (Lipinski definition) is 3. The fourth-order valence-electron chi connectivity index (χ4n) is 1.95. The van der Waals surface area contributed by atoms with Crippen molar-refractivity contribution in [1.29, 1.82) is 0 Å². The zero-order chi connectivity index (χ0) is 15.8. The van der Waals surface area contributed by atoms with Gasteiger partial charge in [0.25, 0.3) is 0 Å². The van der Waals surface area contributed by atoms with Crippen molar-refractivity contribution >= 4 is 17.7 Å². The molecular formula is C16H21NO4. The van der Waals surface area contributed by atoms with Gasteiger partial charge in [0.05, 0.1) is 0 Å². The first-order valence-electron chi connectivity index (χ1n) is 7.00. The number of Topliss-reactive ketones (excluding diaryl/α,β-unsaturated/α-hetero) is 1. The van der Waals surface area contributed by atoms with Gasteiger partial charge in [-0.2, -0.15) is 0 Å². The summed E-state index contributed by atoms with van der Waals surface area (Å²) in [5, 5.41) is 11.5. The maximum absolute atomic E-state index is 11.9. The molecule has 2 N–H and O–H groups in total. The van der Waals surface area contributed by atoms with Gasteiger partial charge in [-0.05, 0) is 12.3 Å². The lowest BCUT2D eigenvalue weighted by Gasteiger charge is -2.16. The minimum Gasteiger partial charge on any atom is -0.480 e. The summed E-state index contributed by atoms with van der Waals surface area (Å²) < 4.78 is 0. The van der Waals surface area contributed by atoms with Crippen LogP contribution in [0.25, 0.3) is 0 Å². The molecule has 0 saturated heterocycles. The zero-order valence-corrected chi connectivity index (χ0v) is 12.3. The lowest BCUT2D eigenvalue weighted by molar-refractivity contribution is -0.142. The van der Waals surface area contributed by atoms with Crippen molar-refractivity contribution in [3.8, 4) is 0 Å². The summed E-state index contributed by atoms with van der Waals surface area (Å²) in [5.41, 5.74) is 0.558. The first-order valence-corrected chi connectivity index (χ1v) is 7.00. The van der Waals surface area contributed by atoms with Crippen molar-refractivity contribution in [2.24, 2.45) is 5.92 Å². The van der Waals surface area contributed by atoms with Crippen LogP contribution in [0.15, 0.2) is 30.3 Å². The third-order valence-corrected chi connectivity index (χ3v) is 3.02. The SMILES string of the molecule is CC(C)CC(NC(=O)CCC(=O)c1ccccc1)C(=O)O. The summed E-state index contributed by atoms with van der Waals surface area (Å²) in [7, 11) is 0. The Balaban J connectivity index is 2.46. The van der Waals surface area contributed by atoms with Gasteiger partial charge in [0.15, 0.2) is 5.78 Å². The van der Waals surface area contributed by atoms with Gasteiger partial charge in [-0.15, -0.1) is 0 Å². The van der Waals surface area contributed by atoms with Gasteiger partial charge in [-0.25, -0.2) is 4.79 Å². The van der Waals surface area contributed by atoms with E-state index in [2.05, 4.69) is 5.32 Å². The van der Waals surface area contributed by atoms with Gasteiger partial charge >= 0.3 is 5.97 Å². The molecule has 5 nitrogen and oxygen atoms in total. The van der Waals surface area contributed by atoms with Crippen LogP contribution in [-0.2, 0) is 9.59 Å². The Morgan fingerprint density at radius 2 is 1.71 bits per heavy atom. The number of amides is 1. The van der Waals surface area contributed by atoms with E-state index in [0.717, 1.165) is 0 Å². The van der Waals surface area contributed by atoms with E-state index >= 15 is 0 Å². The molecule has 0 aliphatic carbocycles. The molecule has 0 bridgehead atoms. The first-order chi connectivity index (χ1) is 9.90. The maximum Gasteiger partial charge on any atom is 0.326 e. The molecule has 0 fully saturated rings. The predicted molar refractivity (Wildman–Crippen MR) is 79.0 cm³/mol. The molecule has 0 spiro atoms. The van der Waals surface area contributed by atoms with Gasteiger partial charge in [-0.3, -0.25) is 9.59 Å². The van der Waals surface area contributed by atoms with Crippen molar-refractivity contribution in [2.75, 3.05) is 0 Å². The van der Waals surface area contributed by atoms with E-state index in [4.69, 9.17) is 5.11 Å². The number of rotatable bonds is 8. The molecule has 114 valence electrons. The Morgan fingerprint density at radius 1 is 1.10 bits per heavy atom. The van der Waals surface area contributed by atoms with Crippen molar-refractivity contribution in [1.82, 2.24) is 5.32 Å². The lowest BCUT2D eigenvalue weighted by atomic mass is 10.0. The Kier molecular flexibility index (Phi) is 6.59. The number of carbonyl (C=O) groups is 3. The second-order valence-corrected chi connectivity index (χ2v) is 5.38. The highest BCUT2D eigenvalue weighted by molar-refractivity contribution is 5.98. The molecule has 0 aliphatic heterocycles. The molecule has 1 aromatic carbocycles. The summed E-state index contributed by atoms with van der Waals surface area (Å²) in [4.78, 5) is 34.6. The van der Waals surface area contributed by atoms with Crippen LogP contribution in [0.5, 0.6) is 0 Å². The van der Waals surface area contributed by atoms with Crippen molar-refractivity contribution < 1.29 is 19.5 Å². The van der Waals surface area contributed by atoms with E-state index in [1.807, 2.05) is 19.9 Å². The average Bonchev–Trinajstić information content (AvgIpc) is 2.44. The number of hydrogen-bond donors (Lipinski definition) is 2. The Hall–Kier alpha value is -2.17. The highest BCUT2D eigenvalue weighted by Crippen LogP contribution is 2.07. The molecule has 21 heavy (non-hydrogen) atoms. The van der Waals surface area contributed by atoms with Gasteiger partial charge in [0.2, 0.25) is 5.91 Å². The van der Waals surface area contributed by atoms with E-state index < -0.39 is 17.9 Å². The zero-order valence-electron chi connectivity index (χ0n) is 12.3. The topological polar surface area (TPSA) is 83.5 Å². The lowest BCUT2D eigenvalue weighted by Crippen LogP contribution is -2.41. The van der Waals surface area contributed by atoms with Crippen molar-refractivity contribution in [3.63, 3.8) is 0 Å². The normalized spacial score (nSPS) is 12.0. The van der Waals surface area contributed by atoms with Crippen LogP contribution in [0.3, 0.4) is 0 Å². The summed E-state index contributed by atoms with van der Waals surface area (Å²) in [6.07, 6.45) is 0.438. The predicted octanol–water partition coefficient (Wildman–Crippen LogP) is 2.27. The van der Waals surface area contributed by atoms with Gasteiger partial charge < -0.3 is 10.4 Å². The Labute approximate surface area is 124 Å². The summed E-state index contributed by atoms with van der Waals surface area (Å²) in [6, 6.07) is 7.82. The number of nitrogens with one attached hydrogen (secondary N) is 1. The van der Waals surface area contributed by atoms with Crippen molar-refractivity contribution in [2.45, 2.75) is 39.2 Å². The molecule has 1 unspecified atom stereocenters. The molecular weight excluding hydrogens is 270 g/mol. The van der Waals surface area contributed by atoms with Gasteiger partial charge in [-0.1, -0.05) is 44.2 Å². The number of ketones is 1.